The van der Waals surface area contributed by atoms with E-state index in [1.165, 1.54) is 22.8 Å². The topological polar surface area (TPSA) is 154 Å². The summed E-state index contributed by atoms with van der Waals surface area (Å²) in [5.74, 6) is -1.17. The average Bonchev–Trinajstić information content (AvgIpc) is 3.52. The number of fused-ring (bicyclic) bond motifs is 1. The number of carboxylic acid groups (broad SMARTS) is 1. The third-order valence-electron chi connectivity index (χ3n) is 6.59. The van der Waals surface area contributed by atoms with E-state index in [2.05, 4.69) is 4.99 Å². The first-order chi connectivity index (χ1) is 19.6. The van der Waals surface area contributed by atoms with Gasteiger partial charge < -0.3 is 14.3 Å². The summed E-state index contributed by atoms with van der Waals surface area (Å²) in [6.45, 7) is 4.97. The van der Waals surface area contributed by atoms with E-state index in [-0.39, 0.29) is 28.0 Å². The van der Waals surface area contributed by atoms with Crippen molar-refractivity contribution >= 4 is 35.0 Å². The summed E-state index contributed by atoms with van der Waals surface area (Å²) >= 11 is 1.07. The van der Waals surface area contributed by atoms with Crippen molar-refractivity contribution in [2.45, 2.75) is 26.8 Å². The quantitative estimate of drug-likeness (QED) is 0.198. The van der Waals surface area contributed by atoms with Crippen molar-refractivity contribution in [3.05, 3.63) is 118 Å². The van der Waals surface area contributed by atoms with Crippen molar-refractivity contribution in [3.63, 3.8) is 0 Å². The van der Waals surface area contributed by atoms with Crippen molar-refractivity contribution in [1.29, 1.82) is 0 Å². The van der Waals surface area contributed by atoms with Crippen LogP contribution in [0.4, 0.5) is 5.69 Å². The van der Waals surface area contributed by atoms with Crippen LogP contribution in [0.1, 0.15) is 47.1 Å². The molecule has 0 saturated heterocycles. The van der Waals surface area contributed by atoms with Crippen LogP contribution in [0.3, 0.4) is 0 Å². The maximum atomic E-state index is 13.8. The fourth-order valence-corrected chi connectivity index (χ4v) is 5.72. The lowest BCUT2D eigenvalue weighted by Gasteiger charge is -2.24. The second kappa shape index (κ2) is 10.8. The summed E-state index contributed by atoms with van der Waals surface area (Å²) in [7, 11) is 0. The summed E-state index contributed by atoms with van der Waals surface area (Å²) in [6, 6.07) is 13.2. The second-order valence-electron chi connectivity index (χ2n) is 9.16. The number of aryl methyl sites for hydroxylation is 1. The molecule has 0 radical (unpaired) electrons. The molecule has 1 atom stereocenters. The molecule has 1 aliphatic heterocycles. The fraction of sp³-hybridized carbons (Fsp3) is 0.172. The van der Waals surface area contributed by atoms with E-state index in [4.69, 9.17) is 9.15 Å². The number of thiazole rings is 1. The van der Waals surface area contributed by atoms with Crippen molar-refractivity contribution < 1.29 is 28.8 Å². The first kappa shape index (κ1) is 27.5. The van der Waals surface area contributed by atoms with Gasteiger partial charge in [0.15, 0.2) is 4.80 Å². The van der Waals surface area contributed by atoms with E-state index in [0.29, 0.717) is 38.7 Å². The van der Waals surface area contributed by atoms with Crippen LogP contribution in [0.15, 0.2) is 80.1 Å². The predicted octanol–water partition coefficient (Wildman–Crippen LogP) is 3.97. The van der Waals surface area contributed by atoms with Crippen molar-refractivity contribution in [1.82, 2.24) is 4.57 Å². The minimum absolute atomic E-state index is 0.0712. The Labute approximate surface area is 236 Å². The Hall–Kier alpha value is -5.10. The van der Waals surface area contributed by atoms with Gasteiger partial charge in [-0.05, 0) is 44.5 Å². The predicted molar refractivity (Wildman–Crippen MR) is 149 cm³/mol. The third-order valence-corrected chi connectivity index (χ3v) is 7.57. The van der Waals surface area contributed by atoms with Gasteiger partial charge in [-0.3, -0.25) is 19.5 Å². The van der Waals surface area contributed by atoms with Gasteiger partial charge in [-0.2, -0.15) is 0 Å². The molecule has 0 spiro atoms. The highest BCUT2D eigenvalue weighted by atomic mass is 32.1. The highest BCUT2D eigenvalue weighted by Crippen LogP contribution is 2.33. The zero-order valence-electron chi connectivity index (χ0n) is 22.1. The van der Waals surface area contributed by atoms with Gasteiger partial charge in [0.25, 0.3) is 11.2 Å². The third kappa shape index (κ3) is 5.00. The SMILES string of the molecule is CCOC(=O)C1=C(C)N=c2s/c(=C/c3ccc(-c4ccccc4C(=O)O)o3)c(=O)n2[C@@H]1c1ccc(C)c([N+](=O)[O-])c1. The van der Waals surface area contributed by atoms with Crippen molar-refractivity contribution in [2.24, 2.45) is 4.99 Å². The number of nitro benzene ring substituents is 1. The number of aromatic carboxylic acids is 1. The van der Waals surface area contributed by atoms with Gasteiger partial charge in [0.05, 0.1) is 38.9 Å². The summed E-state index contributed by atoms with van der Waals surface area (Å²) < 4.78 is 12.7. The van der Waals surface area contributed by atoms with E-state index in [9.17, 15) is 29.6 Å². The first-order valence-electron chi connectivity index (χ1n) is 12.5. The number of furan rings is 1. The molecule has 11 nitrogen and oxygen atoms in total. The summed E-state index contributed by atoms with van der Waals surface area (Å²) in [6.07, 6.45) is 1.51. The van der Waals surface area contributed by atoms with Crippen LogP contribution >= 0.6 is 11.3 Å². The number of nitrogens with zero attached hydrogens (tertiary/aromatic N) is 3. The number of esters is 1. The molecule has 3 heterocycles. The highest BCUT2D eigenvalue weighted by Gasteiger charge is 2.34. The number of allylic oxidation sites excluding steroid dienone is 1. The van der Waals surface area contributed by atoms with Crippen LogP contribution in [-0.4, -0.2) is 33.1 Å². The Morgan fingerprint density at radius 3 is 2.66 bits per heavy atom. The average molecular weight is 574 g/mol. The molecule has 2 aromatic carbocycles. The van der Waals surface area contributed by atoms with Crippen LogP contribution in [0, 0.1) is 17.0 Å². The molecule has 0 bridgehead atoms. The number of benzene rings is 2. The molecule has 41 heavy (non-hydrogen) atoms. The van der Waals surface area contributed by atoms with Crippen molar-refractivity contribution in [2.75, 3.05) is 6.61 Å². The Morgan fingerprint density at radius 2 is 1.95 bits per heavy atom. The molecular formula is C29H23N3O8S. The lowest BCUT2D eigenvalue weighted by Crippen LogP contribution is -2.40. The Morgan fingerprint density at radius 1 is 1.20 bits per heavy atom. The van der Waals surface area contributed by atoms with Gasteiger partial charge in [0.1, 0.15) is 11.5 Å². The van der Waals surface area contributed by atoms with Crippen LogP contribution in [0.5, 0.6) is 0 Å². The molecule has 1 N–H and O–H groups in total. The van der Waals surface area contributed by atoms with E-state index >= 15 is 0 Å². The minimum Gasteiger partial charge on any atom is -0.478 e. The van der Waals surface area contributed by atoms with E-state index in [1.54, 1.807) is 63.2 Å². The largest absolute Gasteiger partial charge is 0.478 e. The standard InChI is InChI=1S/C29H23N3O8S/c1-4-39-28(36)24-16(3)30-29-31(25(24)17-10-9-15(2)21(13-17)32(37)38)26(33)23(41-29)14-18-11-12-22(40-18)19-7-5-6-8-20(19)27(34)35/h5-14,25H,4H2,1-3H3,(H,34,35)/b23-14+/t25-/m1/s1. The van der Waals surface area contributed by atoms with E-state index in [1.807, 2.05) is 0 Å². The number of nitro groups is 1. The number of ether oxygens (including phenoxy) is 1. The second-order valence-corrected chi connectivity index (χ2v) is 10.2. The monoisotopic (exact) mass is 573 g/mol. The zero-order valence-corrected chi connectivity index (χ0v) is 22.9. The first-order valence-corrected chi connectivity index (χ1v) is 13.3. The van der Waals surface area contributed by atoms with E-state index in [0.717, 1.165) is 11.3 Å². The summed E-state index contributed by atoms with van der Waals surface area (Å²) in [4.78, 5) is 54.5. The number of aromatic nitrogens is 1. The maximum absolute atomic E-state index is 13.8. The van der Waals surface area contributed by atoms with Gasteiger partial charge in [0, 0.05) is 23.3 Å². The van der Waals surface area contributed by atoms with Gasteiger partial charge in [-0.25, -0.2) is 14.6 Å². The summed E-state index contributed by atoms with van der Waals surface area (Å²) in [5.41, 5.74) is 1.05. The van der Waals surface area contributed by atoms with Crippen molar-refractivity contribution in [3.8, 4) is 11.3 Å². The highest BCUT2D eigenvalue weighted by molar-refractivity contribution is 7.07. The molecule has 0 aliphatic carbocycles. The Balaban J connectivity index is 1.67. The molecule has 12 heteroatoms. The Bertz CT molecular complexity index is 1950. The zero-order chi connectivity index (χ0) is 29.4. The molecule has 0 unspecified atom stereocenters. The number of hydrogen-bond acceptors (Lipinski definition) is 9. The lowest BCUT2D eigenvalue weighted by molar-refractivity contribution is -0.385. The van der Waals surface area contributed by atoms with E-state index < -0.39 is 28.5 Å². The van der Waals surface area contributed by atoms with Gasteiger partial charge >= 0.3 is 11.9 Å². The van der Waals surface area contributed by atoms with Gasteiger partial charge in [-0.1, -0.05) is 41.7 Å². The number of carbonyl (C=O) groups excluding carboxylic acids is 1. The van der Waals surface area contributed by atoms with Crippen LogP contribution in [0.25, 0.3) is 17.4 Å². The lowest BCUT2D eigenvalue weighted by atomic mass is 9.94. The normalized spacial score (nSPS) is 14.9. The number of hydrogen-bond donors (Lipinski definition) is 1. The molecular weight excluding hydrogens is 550 g/mol. The molecule has 4 aromatic rings. The number of carbonyl (C=O) groups is 2. The molecule has 208 valence electrons. The number of rotatable bonds is 7. The van der Waals surface area contributed by atoms with Crippen LogP contribution in [-0.2, 0) is 9.53 Å². The molecule has 0 fully saturated rings. The molecule has 1 aliphatic rings. The van der Waals surface area contributed by atoms with Gasteiger partial charge in [0.2, 0.25) is 0 Å². The molecule has 5 rings (SSSR count). The van der Waals surface area contributed by atoms with Gasteiger partial charge in [-0.15, -0.1) is 0 Å². The fourth-order valence-electron chi connectivity index (χ4n) is 4.69. The van der Waals surface area contributed by atoms with Crippen LogP contribution < -0.4 is 14.9 Å². The Kier molecular flexibility index (Phi) is 7.24. The molecule has 2 aromatic heterocycles. The maximum Gasteiger partial charge on any atom is 0.338 e. The number of carboxylic acids is 1. The molecule has 0 saturated carbocycles. The van der Waals surface area contributed by atoms with Crippen LogP contribution in [0.2, 0.25) is 0 Å². The smallest absolute Gasteiger partial charge is 0.338 e. The summed E-state index contributed by atoms with van der Waals surface area (Å²) in [5, 5.41) is 21.2. The minimum atomic E-state index is -1.10. The molecule has 0 amide bonds.